The number of ether oxygens (including phenoxy) is 1. The number of hydrogen-bond donors (Lipinski definition) is 1. The van der Waals surface area contributed by atoms with Gasteiger partial charge in [0.05, 0.1) is 24.1 Å². The summed E-state index contributed by atoms with van der Waals surface area (Å²) < 4.78 is 7.49. The third-order valence-corrected chi connectivity index (χ3v) is 7.01. The molecule has 0 saturated heterocycles. The van der Waals surface area contributed by atoms with Gasteiger partial charge < -0.3 is 14.6 Å². The maximum atomic E-state index is 13.0. The first kappa shape index (κ1) is 24.7. The number of methoxy groups -OCH3 is 1. The SMILES string of the molecule is CCCCNC(=O)c1cc(-c2csc(-c3ccnc(CC)c3)n2)n(Cc2ccc(OC)cc2)c1C. The Balaban J connectivity index is 1.72. The maximum Gasteiger partial charge on any atom is 0.253 e. The molecule has 0 aliphatic rings. The number of rotatable bonds is 10. The highest BCUT2D eigenvalue weighted by molar-refractivity contribution is 7.13. The molecule has 0 spiro atoms. The van der Waals surface area contributed by atoms with Crippen LogP contribution in [0.1, 0.15) is 54.0 Å². The van der Waals surface area contributed by atoms with Gasteiger partial charge in [0.25, 0.3) is 5.91 Å². The molecule has 0 fully saturated rings. The lowest BCUT2D eigenvalue weighted by molar-refractivity contribution is 0.0952. The maximum absolute atomic E-state index is 13.0. The number of amides is 1. The van der Waals surface area contributed by atoms with Gasteiger partial charge in [-0.1, -0.05) is 32.4 Å². The van der Waals surface area contributed by atoms with Gasteiger partial charge in [-0.2, -0.15) is 0 Å². The number of carbonyl (C=O) groups is 1. The molecule has 7 heteroatoms. The second-order valence-electron chi connectivity index (χ2n) is 8.50. The molecule has 4 aromatic rings. The number of benzene rings is 1. The van der Waals surface area contributed by atoms with Gasteiger partial charge in [-0.15, -0.1) is 11.3 Å². The summed E-state index contributed by atoms with van der Waals surface area (Å²) in [7, 11) is 1.67. The van der Waals surface area contributed by atoms with Crippen molar-refractivity contribution in [3.05, 3.63) is 76.6 Å². The van der Waals surface area contributed by atoms with Crippen LogP contribution in [0.2, 0.25) is 0 Å². The number of thiazole rings is 1. The highest BCUT2D eigenvalue weighted by atomic mass is 32.1. The standard InChI is InChI=1S/C28H32N4O2S/c1-5-7-13-30-27(33)24-16-26(32(19(24)3)17-20-8-10-23(34-4)11-9-20)25-18-35-28(31-25)21-12-14-29-22(6-2)15-21/h8-12,14-16,18H,5-7,13,17H2,1-4H3,(H,30,33). The van der Waals surface area contributed by atoms with E-state index in [2.05, 4.69) is 52.3 Å². The highest BCUT2D eigenvalue weighted by Crippen LogP contribution is 2.32. The van der Waals surface area contributed by atoms with Crippen molar-refractivity contribution in [1.29, 1.82) is 0 Å². The van der Waals surface area contributed by atoms with E-state index in [1.165, 1.54) is 0 Å². The summed E-state index contributed by atoms with van der Waals surface area (Å²) in [6.45, 7) is 7.53. The van der Waals surface area contributed by atoms with E-state index in [-0.39, 0.29) is 5.91 Å². The van der Waals surface area contributed by atoms with E-state index in [1.54, 1.807) is 18.4 Å². The van der Waals surface area contributed by atoms with Gasteiger partial charge in [-0.25, -0.2) is 4.98 Å². The second-order valence-corrected chi connectivity index (χ2v) is 9.36. The fourth-order valence-electron chi connectivity index (χ4n) is 4.01. The lowest BCUT2D eigenvalue weighted by Gasteiger charge is -2.12. The molecule has 6 nitrogen and oxygen atoms in total. The number of nitrogens with one attached hydrogen (secondary N) is 1. The van der Waals surface area contributed by atoms with Crippen LogP contribution >= 0.6 is 11.3 Å². The van der Waals surface area contributed by atoms with Crippen molar-refractivity contribution in [2.45, 2.75) is 46.6 Å². The van der Waals surface area contributed by atoms with Gasteiger partial charge >= 0.3 is 0 Å². The van der Waals surface area contributed by atoms with Crippen molar-refractivity contribution < 1.29 is 9.53 Å². The molecule has 4 rings (SSSR count). The Labute approximate surface area is 211 Å². The number of carbonyl (C=O) groups excluding carboxylic acids is 1. The third-order valence-electron chi connectivity index (χ3n) is 6.12. The van der Waals surface area contributed by atoms with Crippen LogP contribution < -0.4 is 10.1 Å². The lowest BCUT2D eigenvalue weighted by atomic mass is 10.2. The van der Waals surface area contributed by atoms with Crippen LogP contribution in [0.4, 0.5) is 0 Å². The number of unbranched alkanes of at least 4 members (excludes halogenated alkanes) is 1. The van der Waals surface area contributed by atoms with Crippen LogP contribution in [0.25, 0.3) is 22.0 Å². The smallest absolute Gasteiger partial charge is 0.253 e. The largest absolute Gasteiger partial charge is 0.497 e. The fourth-order valence-corrected chi connectivity index (χ4v) is 4.82. The monoisotopic (exact) mass is 488 g/mol. The Morgan fingerprint density at radius 3 is 2.66 bits per heavy atom. The normalized spacial score (nSPS) is 11.0. The zero-order chi connectivity index (χ0) is 24.8. The zero-order valence-corrected chi connectivity index (χ0v) is 21.6. The van der Waals surface area contributed by atoms with E-state index in [0.717, 1.165) is 63.9 Å². The van der Waals surface area contributed by atoms with E-state index in [1.807, 2.05) is 37.4 Å². The molecular formula is C28H32N4O2S. The predicted molar refractivity (Wildman–Crippen MR) is 142 cm³/mol. The van der Waals surface area contributed by atoms with Gasteiger partial charge in [0.1, 0.15) is 10.8 Å². The zero-order valence-electron chi connectivity index (χ0n) is 20.8. The Morgan fingerprint density at radius 2 is 1.94 bits per heavy atom. The van der Waals surface area contributed by atoms with Gasteiger partial charge in [0.2, 0.25) is 0 Å². The molecule has 0 radical (unpaired) electrons. The quantitative estimate of drug-likeness (QED) is 0.273. The van der Waals surface area contributed by atoms with E-state index in [0.29, 0.717) is 18.7 Å². The van der Waals surface area contributed by atoms with Crippen molar-refractivity contribution in [3.63, 3.8) is 0 Å². The van der Waals surface area contributed by atoms with Crippen LogP contribution in [0, 0.1) is 6.92 Å². The molecule has 1 N–H and O–H groups in total. The Morgan fingerprint density at radius 1 is 1.14 bits per heavy atom. The first-order valence-electron chi connectivity index (χ1n) is 12.1. The van der Waals surface area contributed by atoms with Crippen molar-refractivity contribution >= 4 is 17.2 Å². The van der Waals surface area contributed by atoms with Crippen molar-refractivity contribution in [2.75, 3.05) is 13.7 Å². The van der Waals surface area contributed by atoms with Gasteiger partial charge in [0.15, 0.2) is 0 Å². The molecular weight excluding hydrogens is 456 g/mol. The summed E-state index contributed by atoms with van der Waals surface area (Å²) in [5.74, 6) is 0.782. The van der Waals surface area contributed by atoms with Crippen LogP contribution in [0.5, 0.6) is 5.75 Å². The average Bonchev–Trinajstić information content (AvgIpc) is 3.50. The molecule has 0 aliphatic heterocycles. The van der Waals surface area contributed by atoms with E-state index >= 15 is 0 Å². The summed E-state index contributed by atoms with van der Waals surface area (Å²) in [6, 6.07) is 14.1. The van der Waals surface area contributed by atoms with Crippen LogP contribution in [0.3, 0.4) is 0 Å². The van der Waals surface area contributed by atoms with Gasteiger partial charge in [-0.3, -0.25) is 9.78 Å². The molecule has 1 aromatic carbocycles. The Bertz CT molecular complexity index is 1290. The first-order chi connectivity index (χ1) is 17.0. The molecule has 0 saturated carbocycles. The summed E-state index contributed by atoms with van der Waals surface area (Å²) >= 11 is 1.61. The van der Waals surface area contributed by atoms with E-state index < -0.39 is 0 Å². The number of nitrogens with zero attached hydrogens (tertiary/aromatic N) is 3. The fraction of sp³-hybridized carbons (Fsp3) is 0.321. The topological polar surface area (TPSA) is 69.0 Å². The van der Waals surface area contributed by atoms with Gasteiger partial charge in [0, 0.05) is 41.6 Å². The molecule has 1 amide bonds. The van der Waals surface area contributed by atoms with Crippen LogP contribution in [0.15, 0.2) is 54.0 Å². The highest BCUT2D eigenvalue weighted by Gasteiger charge is 2.20. The predicted octanol–water partition coefficient (Wildman–Crippen LogP) is 6.13. The molecule has 35 heavy (non-hydrogen) atoms. The van der Waals surface area contributed by atoms with Crippen LogP contribution in [-0.2, 0) is 13.0 Å². The lowest BCUT2D eigenvalue weighted by Crippen LogP contribution is -2.24. The Hall–Kier alpha value is -3.45. The summed E-state index contributed by atoms with van der Waals surface area (Å²) in [4.78, 5) is 22.4. The van der Waals surface area contributed by atoms with Crippen LogP contribution in [-0.4, -0.2) is 34.1 Å². The van der Waals surface area contributed by atoms with E-state index in [4.69, 9.17) is 9.72 Å². The summed E-state index contributed by atoms with van der Waals surface area (Å²) in [5, 5.41) is 6.08. The van der Waals surface area contributed by atoms with Gasteiger partial charge in [-0.05, 0) is 55.7 Å². The average molecular weight is 489 g/mol. The van der Waals surface area contributed by atoms with E-state index in [9.17, 15) is 4.79 Å². The molecule has 3 aromatic heterocycles. The minimum atomic E-state index is -0.0390. The van der Waals surface area contributed by atoms with Crippen molar-refractivity contribution in [1.82, 2.24) is 19.9 Å². The molecule has 0 bridgehead atoms. The molecule has 0 unspecified atom stereocenters. The molecule has 182 valence electrons. The molecule has 0 atom stereocenters. The Kier molecular flexibility index (Phi) is 7.98. The number of pyridine rings is 1. The number of aromatic nitrogens is 3. The summed E-state index contributed by atoms with van der Waals surface area (Å²) in [5.41, 5.74) is 6.66. The number of aryl methyl sites for hydroxylation is 1. The second kappa shape index (κ2) is 11.3. The minimum Gasteiger partial charge on any atom is -0.497 e. The minimum absolute atomic E-state index is 0.0390. The molecule has 0 aliphatic carbocycles. The third kappa shape index (κ3) is 5.62. The van der Waals surface area contributed by atoms with Crippen molar-refractivity contribution in [2.24, 2.45) is 0 Å². The summed E-state index contributed by atoms with van der Waals surface area (Å²) in [6.07, 6.45) is 4.72. The molecule has 3 heterocycles. The first-order valence-corrected chi connectivity index (χ1v) is 12.9. The number of hydrogen-bond acceptors (Lipinski definition) is 5. The van der Waals surface area contributed by atoms with Crippen molar-refractivity contribution in [3.8, 4) is 27.7 Å².